The summed E-state index contributed by atoms with van der Waals surface area (Å²) in [5.41, 5.74) is 0. The maximum atomic E-state index is 10.1. The van der Waals surface area contributed by atoms with E-state index in [0.717, 1.165) is 11.0 Å². The molecule has 6 heavy (non-hydrogen) atoms. The quantitative estimate of drug-likeness (QED) is 0.358. The Labute approximate surface area is 41.3 Å². The molecular weight excluding hydrogens is 120 g/mol. The third kappa shape index (κ3) is 0.721. The molecule has 1 N–H and O–H groups in total. The summed E-state index contributed by atoms with van der Waals surface area (Å²) >= 11 is 0. The Hall–Kier alpha value is -0.0300. The van der Waals surface area contributed by atoms with Crippen LogP contribution in [0.4, 0.5) is 0 Å². The number of hydrogen-bond acceptors (Lipinski definition) is 3. The SMILES string of the molecule is O=S1N=CNS1. The normalized spacial score (nSPS) is 30.3. The number of hydrogen-bond donors (Lipinski definition) is 1. The lowest BCUT2D eigenvalue weighted by atomic mass is 11.4. The first-order chi connectivity index (χ1) is 2.89. The molecule has 1 aliphatic heterocycles. The minimum Gasteiger partial charge on any atom is -0.307 e. The van der Waals surface area contributed by atoms with Crippen molar-refractivity contribution < 1.29 is 4.21 Å². The van der Waals surface area contributed by atoms with Crippen molar-refractivity contribution in [3.05, 3.63) is 0 Å². The average Bonchev–Trinajstić information content (AvgIpc) is 1.86. The predicted molar refractivity (Wildman–Crippen MR) is 27.4 cm³/mol. The fourth-order valence-corrected chi connectivity index (χ4v) is 1.21. The Balaban J connectivity index is 2.59. The van der Waals surface area contributed by atoms with E-state index in [1.54, 1.807) is 0 Å². The van der Waals surface area contributed by atoms with E-state index < -0.39 is 10.0 Å². The Morgan fingerprint density at radius 3 is 3.00 bits per heavy atom. The molecule has 0 amide bonds. The summed E-state index contributed by atoms with van der Waals surface area (Å²) in [6.07, 6.45) is 1.42. The van der Waals surface area contributed by atoms with Crippen LogP contribution in [0.25, 0.3) is 0 Å². The van der Waals surface area contributed by atoms with E-state index in [0.29, 0.717) is 0 Å². The lowest BCUT2D eigenvalue weighted by molar-refractivity contribution is 0.693. The zero-order valence-electron chi connectivity index (χ0n) is 2.75. The van der Waals surface area contributed by atoms with Gasteiger partial charge in [-0.2, -0.15) is 4.40 Å². The van der Waals surface area contributed by atoms with Gasteiger partial charge in [-0.3, -0.25) is 0 Å². The number of nitrogens with zero attached hydrogens (tertiary/aromatic N) is 1. The second-order valence-electron chi connectivity index (χ2n) is 0.653. The molecule has 0 bridgehead atoms. The summed E-state index contributed by atoms with van der Waals surface area (Å²) < 4.78 is 16.1. The summed E-state index contributed by atoms with van der Waals surface area (Å²) in [6, 6.07) is 0. The molecule has 0 saturated carbocycles. The van der Waals surface area contributed by atoms with Crippen molar-refractivity contribution in [2.75, 3.05) is 0 Å². The lowest BCUT2D eigenvalue weighted by Crippen LogP contribution is -1.88. The molecule has 5 heteroatoms. The summed E-state index contributed by atoms with van der Waals surface area (Å²) in [5.74, 6) is 0. The fourth-order valence-electron chi connectivity index (χ4n) is 0.149. The van der Waals surface area contributed by atoms with E-state index in [1.165, 1.54) is 6.34 Å². The highest BCUT2D eigenvalue weighted by Gasteiger charge is 1.98. The van der Waals surface area contributed by atoms with Gasteiger partial charge in [0.2, 0.25) is 10.0 Å². The van der Waals surface area contributed by atoms with Crippen molar-refractivity contribution in [3.8, 4) is 0 Å². The van der Waals surface area contributed by atoms with Crippen molar-refractivity contribution in [1.29, 1.82) is 0 Å². The molecule has 0 aliphatic carbocycles. The first kappa shape index (κ1) is 4.14. The summed E-state index contributed by atoms with van der Waals surface area (Å²) in [4.78, 5) is 0. The highest BCUT2D eigenvalue weighted by Crippen LogP contribution is 2.05. The van der Waals surface area contributed by atoms with Crippen LogP contribution in [0.2, 0.25) is 0 Å². The molecule has 0 aromatic heterocycles. The fraction of sp³-hybridized carbons (Fsp3) is 0. The molecule has 34 valence electrons. The molecule has 1 unspecified atom stereocenters. The van der Waals surface area contributed by atoms with Crippen molar-refractivity contribution in [3.63, 3.8) is 0 Å². The molecule has 0 fully saturated rings. The van der Waals surface area contributed by atoms with Gasteiger partial charge in [0.05, 0.1) is 11.0 Å². The lowest BCUT2D eigenvalue weighted by Gasteiger charge is -1.73. The Kier molecular flexibility index (Phi) is 1.11. The van der Waals surface area contributed by atoms with Crippen LogP contribution < -0.4 is 4.72 Å². The van der Waals surface area contributed by atoms with Crippen LogP contribution in [0.15, 0.2) is 4.40 Å². The van der Waals surface area contributed by atoms with Gasteiger partial charge < -0.3 is 4.72 Å². The van der Waals surface area contributed by atoms with Gasteiger partial charge in [-0.15, -0.1) is 0 Å². The monoisotopic (exact) mass is 122 g/mol. The Morgan fingerprint density at radius 1 is 2.00 bits per heavy atom. The van der Waals surface area contributed by atoms with E-state index in [9.17, 15) is 4.21 Å². The van der Waals surface area contributed by atoms with Gasteiger partial charge in [0.25, 0.3) is 0 Å². The molecule has 1 aliphatic rings. The Morgan fingerprint density at radius 2 is 2.83 bits per heavy atom. The average molecular weight is 122 g/mol. The van der Waals surface area contributed by atoms with Crippen LogP contribution in [-0.4, -0.2) is 10.5 Å². The molecule has 1 rings (SSSR count). The zero-order chi connectivity index (χ0) is 4.41. The van der Waals surface area contributed by atoms with Gasteiger partial charge in [0, 0.05) is 0 Å². The van der Waals surface area contributed by atoms with Crippen molar-refractivity contribution in [2.45, 2.75) is 0 Å². The van der Waals surface area contributed by atoms with E-state index >= 15 is 0 Å². The number of rotatable bonds is 0. The van der Waals surface area contributed by atoms with Crippen LogP contribution in [0, 0.1) is 0 Å². The maximum absolute atomic E-state index is 10.1. The molecule has 0 spiro atoms. The maximum Gasteiger partial charge on any atom is 0.224 e. The summed E-state index contributed by atoms with van der Waals surface area (Å²) in [7, 11) is 0.0494. The van der Waals surface area contributed by atoms with Gasteiger partial charge in [-0.1, -0.05) is 0 Å². The predicted octanol–water partition coefficient (Wildman–Crippen LogP) is -0.155. The molecule has 0 saturated heterocycles. The van der Waals surface area contributed by atoms with Gasteiger partial charge in [-0.25, -0.2) is 4.21 Å². The molecule has 1 atom stereocenters. The molecule has 0 radical (unpaired) electrons. The van der Waals surface area contributed by atoms with E-state index in [-0.39, 0.29) is 0 Å². The Bertz CT molecular complexity index is 99.7. The molecule has 0 aromatic carbocycles. The first-order valence-electron chi connectivity index (χ1n) is 1.27. The van der Waals surface area contributed by atoms with Crippen LogP contribution in [-0.2, 0) is 10.0 Å². The molecule has 0 aromatic rings. The zero-order valence-corrected chi connectivity index (χ0v) is 4.38. The third-order valence-corrected chi connectivity index (χ3v) is 1.91. The first-order valence-corrected chi connectivity index (χ1v) is 3.71. The highest BCUT2D eigenvalue weighted by molar-refractivity contribution is 8.68. The van der Waals surface area contributed by atoms with E-state index in [2.05, 4.69) is 9.12 Å². The standard InChI is InChI=1S/CH2N2OS2/c4-6-3-1-2-5-6/h1H,(H,2,3). The topological polar surface area (TPSA) is 41.5 Å². The van der Waals surface area contributed by atoms with Crippen LogP contribution in [0.5, 0.6) is 0 Å². The third-order valence-electron chi connectivity index (χ3n) is 0.311. The molecule has 3 nitrogen and oxygen atoms in total. The van der Waals surface area contributed by atoms with E-state index in [4.69, 9.17) is 0 Å². The van der Waals surface area contributed by atoms with E-state index in [1.807, 2.05) is 0 Å². The summed E-state index contributed by atoms with van der Waals surface area (Å²) in [5, 5.41) is 0. The van der Waals surface area contributed by atoms with Crippen LogP contribution >= 0.6 is 11.0 Å². The number of nitrogens with one attached hydrogen (secondary N) is 1. The second-order valence-corrected chi connectivity index (χ2v) is 3.06. The summed E-state index contributed by atoms with van der Waals surface area (Å²) in [6.45, 7) is 0. The van der Waals surface area contributed by atoms with Gasteiger partial charge >= 0.3 is 0 Å². The molecule has 1 heterocycles. The van der Waals surface area contributed by atoms with Crippen LogP contribution in [0.3, 0.4) is 0 Å². The minimum absolute atomic E-state index is 1.05. The van der Waals surface area contributed by atoms with Crippen molar-refractivity contribution in [2.24, 2.45) is 4.40 Å². The second kappa shape index (κ2) is 1.61. The van der Waals surface area contributed by atoms with Gasteiger partial charge in [-0.05, 0) is 0 Å². The van der Waals surface area contributed by atoms with Crippen molar-refractivity contribution >= 4 is 27.3 Å². The minimum atomic E-state index is -1.05. The van der Waals surface area contributed by atoms with Crippen molar-refractivity contribution in [1.82, 2.24) is 4.72 Å². The van der Waals surface area contributed by atoms with Crippen LogP contribution in [0.1, 0.15) is 0 Å². The van der Waals surface area contributed by atoms with Gasteiger partial charge in [0.1, 0.15) is 6.34 Å². The highest BCUT2D eigenvalue weighted by atomic mass is 33.1. The van der Waals surface area contributed by atoms with Gasteiger partial charge in [0.15, 0.2) is 0 Å². The smallest absolute Gasteiger partial charge is 0.224 e. The molecular formula is CH2N2OS2. The largest absolute Gasteiger partial charge is 0.307 e.